The molecule has 2 nitrogen and oxygen atoms in total. The van der Waals surface area contributed by atoms with Gasteiger partial charge < -0.3 is 4.74 Å². The standard InChI is InChI=1S/C10H15NO/c1-7-4-9(2,3)6-10(7)8(5-11)12-10/h7-8H,4,6H2,1-3H3. The summed E-state index contributed by atoms with van der Waals surface area (Å²) in [5.41, 5.74) is 0.309. The van der Waals surface area contributed by atoms with E-state index in [1.807, 2.05) is 0 Å². The van der Waals surface area contributed by atoms with E-state index in [2.05, 4.69) is 26.8 Å². The SMILES string of the molecule is CC1CC(C)(C)CC12OC2C#N. The normalized spacial score (nSPS) is 49.2. The predicted octanol–water partition coefficient (Wildman–Crippen LogP) is 2.10. The minimum absolute atomic E-state index is 0.0573. The van der Waals surface area contributed by atoms with Crippen molar-refractivity contribution in [2.24, 2.45) is 11.3 Å². The minimum Gasteiger partial charge on any atom is -0.350 e. The molecule has 12 heavy (non-hydrogen) atoms. The molecule has 0 radical (unpaired) electrons. The van der Waals surface area contributed by atoms with E-state index in [0.717, 1.165) is 6.42 Å². The largest absolute Gasteiger partial charge is 0.350 e. The van der Waals surface area contributed by atoms with Crippen molar-refractivity contribution in [3.05, 3.63) is 0 Å². The molecule has 3 atom stereocenters. The molecule has 0 aromatic carbocycles. The highest BCUT2D eigenvalue weighted by molar-refractivity contribution is 5.20. The highest BCUT2D eigenvalue weighted by Crippen LogP contribution is 2.59. The zero-order chi connectivity index (χ0) is 8.98. The van der Waals surface area contributed by atoms with Gasteiger partial charge >= 0.3 is 0 Å². The third-order valence-electron chi connectivity index (χ3n) is 3.29. The van der Waals surface area contributed by atoms with E-state index >= 15 is 0 Å². The maximum Gasteiger partial charge on any atom is 0.173 e. The maximum atomic E-state index is 8.74. The zero-order valence-electron chi connectivity index (χ0n) is 7.92. The van der Waals surface area contributed by atoms with Gasteiger partial charge in [0, 0.05) is 0 Å². The summed E-state index contributed by atoms with van der Waals surface area (Å²) in [4.78, 5) is 0. The summed E-state index contributed by atoms with van der Waals surface area (Å²) in [6, 6.07) is 2.22. The number of ether oxygens (including phenoxy) is 1. The quantitative estimate of drug-likeness (QED) is 0.515. The smallest absolute Gasteiger partial charge is 0.173 e. The van der Waals surface area contributed by atoms with Gasteiger partial charge in [0.25, 0.3) is 0 Å². The molecule has 0 bridgehead atoms. The first-order valence-corrected chi connectivity index (χ1v) is 4.58. The maximum absolute atomic E-state index is 8.74. The second-order valence-electron chi connectivity index (χ2n) is 5.03. The van der Waals surface area contributed by atoms with Gasteiger partial charge in [-0.15, -0.1) is 0 Å². The summed E-state index contributed by atoms with van der Waals surface area (Å²) >= 11 is 0. The summed E-state index contributed by atoms with van der Waals surface area (Å²) in [7, 11) is 0. The molecule has 2 rings (SSSR count). The fraction of sp³-hybridized carbons (Fsp3) is 0.900. The molecule has 0 amide bonds. The summed E-state index contributed by atoms with van der Waals surface area (Å²) in [6.45, 7) is 6.72. The van der Waals surface area contributed by atoms with Crippen molar-refractivity contribution in [3.63, 3.8) is 0 Å². The molecule has 66 valence electrons. The summed E-state index contributed by atoms with van der Waals surface area (Å²) < 4.78 is 5.50. The van der Waals surface area contributed by atoms with Crippen LogP contribution in [-0.4, -0.2) is 11.7 Å². The van der Waals surface area contributed by atoms with Gasteiger partial charge in [0.05, 0.1) is 6.07 Å². The third kappa shape index (κ3) is 0.895. The lowest BCUT2D eigenvalue weighted by Crippen LogP contribution is -2.18. The molecular formula is C10H15NO. The molecule has 0 aromatic heterocycles. The Labute approximate surface area is 73.5 Å². The number of hydrogen-bond acceptors (Lipinski definition) is 2. The Bertz CT molecular complexity index is 253. The monoisotopic (exact) mass is 165 g/mol. The molecule has 2 heteroatoms. The van der Waals surface area contributed by atoms with Crippen LogP contribution in [0.25, 0.3) is 0 Å². The number of nitrogens with zero attached hydrogens (tertiary/aromatic N) is 1. The summed E-state index contributed by atoms with van der Waals surface area (Å²) in [5, 5.41) is 8.74. The van der Waals surface area contributed by atoms with Crippen molar-refractivity contribution < 1.29 is 4.74 Å². The number of hydrogen-bond donors (Lipinski definition) is 0. The van der Waals surface area contributed by atoms with Crippen LogP contribution >= 0.6 is 0 Å². The van der Waals surface area contributed by atoms with Crippen molar-refractivity contribution in [1.82, 2.24) is 0 Å². The Balaban J connectivity index is 2.18. The van der Waals surface area contributed by atoms with Gasteiger partial charge in [-0.3, -0.25) is 0 Å². The van der Waals surface area contributed by atoms with Crippen LogP contribution in [0.15, 0.2) is 0 Å². The van der Waals surface area contributed by atoms with Gasteiger partial charge in [-0.25, -0.2) is 0 Å². The summed E-state index contributed by atoms with van der Waals surface area (Å²) in [5.74, 6) is 0.553. The van der Waals surface area contributed by atoms with E-state index < -0.39 is 0 Å². The molecular weight excluding hydrogens is 150 g/mol. The van der Waals surface area contributed by atoms with E-state index in [0.29, 0.717) is 11.3 Å². The number of epoxide rings is 1. The average molecular weight is 165 g/mol. The first kappa shape index (κ1) is 8.07. The van der Waals surface area contributed by atoms with Crippen LogP contribution in [0.3, 0.4) is 0 Å². The van der Waals surface area contributed by atoms with Crippen LogP contribution in [-0.2, 0) is 4.74 Å². The first-order chi connectivity index (χ1) is 5.50. The zero-order valence-corrected chi connectivity index (χ0v) is 7.92. The van der Waals surface area contributed by atoms with Gasteiger partial charge in [0.2, 0.25) is 0 Å². The molecule has 2 fully saturated rings. The molecule has 1 heterocycles. The van der Waals surface area contributed by atoms with Crippen molar-refractivity contribution in [3.8, 4) is 6.07 Å². The lowest BCUT2D eigenvalue weighted by Gasteiger charge is -2.14. The predicted molar refractivity (Wildman–Crippen MR) is 45.4 cm³/mol. The van der Waals surface area contributed by atoms with Gasteiger partial charge in [-0.1, -0.05) is 20.8 Å². The molecule has 2 aliphatic rings. The lowest BCUT2D eigenvalue weighted by atomic mass is 9.90. The van der Waals surface area contributed by atoms with E-state index in [-0.39, 0.29) is 11.7 Å². The Morgan fingerprint density at radius 2 is 2.17 bits per heavy atom. The van der Waals surface area contributed by atoms with Crippen LogP contribution in [0, 0.1) is 22.7 Å². The second-order valence-corrected chi connectivity index (χ2v) is 5.03. The highest BCUT2D eigenvalue weighted by atomic mass is 16.6. The van der Waals surface area contributed by atoms with E-state index in [1.165, 1.54) is 6.42 Å². The van der Waals surface area contributed by atoms with Gasteiger partial charge in [0.1, 0.15) is 5.60 Å². The molecule has 1 spiro atoms. The number of nitriles is 1. The van der Waals surface area contributed by atoms with Crippen molar-refractivity contribution in [2.45, 2.75) is 45.3 Å². The van der Waals surface area contributed by atoms with E-state index in [1.54, 1.807) is 0 Å². The molecule has 0 N–H and O–H groups in total. The van der Waals surface area contributed by atoms with Crippen LogP contribution in [0.5, 0.6) is 0 Å². The molecule has 1 aliphatic carbocycles. The first-order valence-electron chi connectivity index (χ1n) is 4.58. The third-order valence-corrected chi connectivity index (χ3v) is 3.29. The number of rotatable bonds is 0. The fourth-order valence-corrected chi connectivity index (χ4v) is 2.83. The van der Waals surface area contributed by atoms with Crippen molar-refractivity contribution in [1.29, 1.82) is 5.26 Å². The second kappa shape index (κ2) is 2.03. The van der Waals surface area contributed by atoms with Crippen LogP contribution in [0.4, 0.5) is 0 Å². The average Bonchev–Trinajstić information content (AvgIpc) is 2.55. The van der Waals surface area contributed by atoms with E-state index in [9.17, 15) is 0 Å². The Morgan fingerprint density at radius 1 is 1.50 bits per heavy atom. The minimum atomic E-state index is -0.116. The molecule has 1 saturated carbocycles. The van der Waals surface area contributed by atoms with Gasteiger partial charge in [-0.05, 0) is 24.2 Å². The molecule has 3 unspecified atom stereocenters. The highest BCUT2D eigenvalue weighted by Gasteiger charge is 2.66. The van der Waals surface area contributed by atoms with E-state index in [4.69, 9.17) is 10.00 Å². The van der Waals surface area contributed by atoms with Crippen molar-refractivity contribution >= 4 is 0 Å². The van der Waals surface area contributed by atoms with Gasteiger partial charge in [-0.2, -0.15) is 5.26 Å². The van der Waals surface area contributed by atoms with Crippen LogP contribution in [0.1, 0.15) is 33.6 Å². The Kier molecular flexibility index (Phi) is 1.36. The summed E-state index contributed by atoms with van der Waals surface area (Å²) in [6.07, 6.45) is 2.12. The molecule has 0 aromatic rings. The van der Waals surface area contributed by atoms with Crippen LogP contribution < -0.4 is 0 Å². The Morgan fingerprint density at radius 3 is 2.50 bits per heavy atom. The molecule has 1 aliphatic heterocycles. The van der Waals surface area contributed by atoms with Crippen LogP contribution in [0.2, 0.25) is 0 Å². The van der Waals surface area contributed by atoms with Crippen molar-refractivity contribution in [2.75, 3.05) is 0 Å². The Hall–Kier alpha value is -0.550. The lowest BCUT2D eigenvalue weighted by molar-refractivity contribution is 0.248. The topological polar surface area (TPSA) is 36.3 Å². The molecule has 1 saturated heterocycles. The van der Waals surface area contributed by atoms with Gasteiger partial charge in [0.15, 0.2) is 6.10 Å². The fourth-order valence-electron chi connectivity index (χ4n) is 2.83.